The van der Waals surface area contributed by atoms with Crippen LogP contribution in [-0.4, -0.2) is 43.7 Å². The molecule has 3 atom stereocenters. The van der Waals surface area contributed by atoms with Crippen molar-refractivity contribution in [3.8, 4) is 0 Å². The third kappa shape index (κ3) is 5.24. The van der Waals surface area contributed by atoms with Crippen LogP contribution in [0.4, 0.5) is 14.5 Å². The van der Waals surface area contributed by atoms with E-state index in [-0.39, 0.29) is 37.5 Å². The molecule has 1 aliphatic heterocycles. The molecule has 8 heteroatoms. The molecule has 0 aliphatic carbocycles. The molecule has 2 rings (SSSR count). The molecule has 27 heavy (non-hydrogen) atoms. The van der Waals surface area contributed by atoms with Crippen molar-refractivity contribution in [2.75, 3.05) is 18.6 Å². The van der Waals surface area contributed by atoms with Crippen LogP contribution in [0.3, 0.4) is 0 Å². The first-order valence-corrected chi connectivity index (χ1v) is 9.01. The number of carbonyl (C=O) groups excluding carboxylic acids is 3. The molecule has 0 fully saturated rings. The van der Waals surface area contributed by atoms with Gasteiger partial charge in [-0.3, -0.25) is 18.8 Å². The van der Waals surface area contributed by atoms with Gasteiger partial charge >= 0.3 is 0 Å². The van der Waals surface area contributed by atoms with Gasteiger partial charge in [-0.25, -0.2) is 4.39 Å². The Bertz CT molecular complexity index is 699. The van der Waals surface area contributed by atoms with E-state index in [1.165, 1.54) is 11.8 Å². The first-order chi connectivity index (χ1) is 12.8. The molecule has 1 aromatic carbocycles. The van der Waals surface area contributed by atoms with Crippen LogP contribution in [0.2, 0.25) is 0 Å². The largest absolute Gasteiger partial charge is 0.345 e. The summed E-state index contributed by atoms with van der Waals surface area (Å²) in [7, 11) is 1.64. The van der Waals surface area contributed by atoms with Crippen LogP contribution in [0.1, 0.15) is 44.2 Å². The van der Waals surface area contributed by atoms with Crippen molar-refractivity contribution < 1.29 is 23.2 Å². The number of para-hydroxylation sites is 1. The topological polar surface area (TPSA) is 78.5 Å². The van der Waals surface area contributed by atoms with E-state index in [1.54, 1.807) is 25.2 Å². The SMILES string of the molecule is C[C@H](NC(=O)CCCC(F)CCF)C(=O)NC1C(=O)N(C)c2ccccc21. The molecular weight excluding hydrogens is 356 g/mol. The number of anilines is 1. The van der Waals surface area contributed by atoms with Gasteiger partial charge in [0.1, 0.15) is 18.3 Å². The van der Waals surface area contributed by atoms with Crippen molar-refractivity contribution in [3.05, 3.63) is 29.8 Å². The minimum Gasteiger partial charge on any atom is -0.345 e. The average Bonchev–Trinajstić information content (AvgIpc) is 2.87. The lowest BCUT2D eigenvalue weighted by Gasteiger charge is -2.18. The van der Waals surface area contributed by atoms with Crippen molar-refractivity contribution in [2.24, 2.45) is 0 Å². The van der Waals surface area contributed by atoms with Gasteiger partial charge in [0.15, 0.2) is 0 Å². The Balaban J connectivity index is 1.84. The number of likely N-dealkylation sites (N-methyl/N-ethyl adjacent to an activating group) is 1. The van der Waals surface area contributed by atoms with E-state index < -0.39 is 30.8 Å². The van der Waals surface area contributed by atoms with Gasteiger partial charge in [0, 0.05) is 31.1 Å². The number of hydrogen-bond donors (Lipinski definition) is 2. The highest BCUT2D eigenvalue weighted by Crippen LogP contribution is 2.34. The molecule has 0 saturated heterocycles. The number of halogens is 2. The predicted octanol–water partition coefficient (Wildman–Crippen LogP) is 2.19. The summed E-state index contributed by atoms with van der Waals surface area (Å²) < 4.78 is 25.2. The maximum atomic E-state index is 13.2. The molecule has 3 amide bonds. The van der Waals surface area contributed by atoms with Crippen LogP contribution in [0.15, 0.2) is 24.3 Å². The van der Waals surface area contributed by atoms with Crippen molar-refractivity contribution >= 4 is 23.4 Å². The molecule has 0 bridgehead atoms. The summed E-state index contributed by atoms with van der Waals surface area (Å²) in [4.78, 5) is 38.1. The maximum absolute atomic E-state index is 13.2. The second kappa shape index (κ2) is 9.43. The Morgan fingerprint density at radius 3 is 2.67 bits per heavy atom. The second-order valence-electron chi connectivity index (χ2n) is 6.65. The highest BCUT2D eigenvalue weighted by atomic mass is 19.1. The van der Waals surface area contributed by atoms with Gasteiger partial charge in [0.05, 0.1) is 6.67 Å². The van der Waals surface area contributed by atoms with Crippen LogP contribution < -0.4 is 15.5 Å². The molecule has 2 N–H and O–H groups in total. The van der Waals surface area contributed by atoms with Crippen molar-refractivity contribution in [3.63, 3.8) is 0 Å². The van der Waals surface area contributed by atoms with Gasteiger partial charge in [-0.2, -0.15) is 0 Å². The van der Waals surface area contributed by atoms with Gasteiger partial charge < -0.3 is 15.5 Å². The molecule has 1 aliphatic rings. The zero-order valence-electron chi connectivity index (χ0n) is 15.5. The van der Waals surface area contributed by atoms with Crippen LogP contribution in [0, 0.1) is 0 Å². The normalized spacial score (nSPS) is 18.0. The number of nitrogens with one attached hydrogen (secondary N) is 2. The number of fused-ring (bicyclic) bond motifs is 1. The molecule has 1 heterocycles. The fourth-order valence-electron chi connectivity index (χ4n) is 3.02. The standard InChI is InChI=1S/C19H25F2N3O3/c1-12(22-16(25)9-5-6-13(21)10-11-20)18(26)23-17-14-7-3-4-8-15(14)24(2)19(17)27/h3-4,7-8,12-13,17H,5-6,9-11H2,1-2H3,(H,22,25)(H,23,26)/t12-,13?,17?/m0/s1. The Labute approximate surface area is 157 Å². The molecule has 2 unspecified atom stereocenters. The summed E-state index contributed by atoms with van der Waals surface area (Å²) in [5, 5.41) is 5.20. The summed E-state index contributed by atoms with van der Waals surface area (Å²) in [5.41, 5.74) is 1.44. The minimum absolute atomic E-state index is 0.0538. The Hall–Kier alpha value is -2.51. The molecule has 148 valence electrons. The van der Waals surface area contributed by atoms with E-state index >= 15 is 0 Å². The Morgan fingerprint density at radius 2 is 1.96 bits per heavy atom. The number of rotatable bonds is 9. The fraction of sp³-hybridized carbons (Fsp3) is 0.526. The molecule has 0 spiro atoms. The summed E-state index contributed by atoms with van der Waals surface area (Å²) >= 11 is 0. The number of amides is 3. The summed E-state index contributed by atoms with van der Waals surface area (Å²) in [6, 6.07) is 5.55. The van der Waals surface area contributed by atoms with Crippen molar-refractivity contribution in [1.82, 2.24) is 10.6 Å². The first-order valence-electron chi connectivity index (χ1n) is 9.01. The van der Waals surface area contributed by atoms with Gasteiger partial charge in [0.25, 0.3) is 5.91 Å². The minimum atomic E-state index is -1.26. The highest BCUT2D eigenvalue weighted by molar-refractivity contribution is 6.06. The van der Waals surface area contributed by atoms with E-state index in [9.17, 15) is 23.2 Å². The average molecular weight is 381 g/mol. The molecule has 0 radical (unpaired) electrons. The van der Waals surface area contributed by atoms with E-state index in [2.05, 4.69) is 10.6 Å². The van der Waals surface area contributed by atoms with Crippen molar-refractivity contribution in [1.29, 1.82) is 0 Å². The summed E-state index contributed by atoms with van der Waals surface area (Å²) in [6.45, 7) is 0.798. The molecular formula is C19H25F2N3O3. The fourth-order valence-corrected chi connectivity index (χ4v) is 3.02. The first kappa shape index (κ1) is 20.8. The highest BCUT2D eigenvalue weighted by Gasteiger charge is 2.36. The molecule has 6 nitrogen and oxygen atoms in total. The maximum Gasteiger partial charge on any atom is 0.254 e. The van der Waals surface area contributed by atoms with Crippen LogP contribution >= 0.6 is 0 Å². The van der Waals surface area contributed by atoms with Gasteiger partial charge in [0.2, 0.25) is 11.8 Å². The monoisotopic (exact) mass is 381 g/mol. The molecule has 0 saturated carbocycles. The molecule has 1 aromatic rings. The smallest absolute Gasteiger partial charge is 0.254 e. The number of nitrogens with zero attached hydrogens (tertiary/aromatic N) is 1. The van der Waals surface area contributed by atoms with E-state index in [0.717, 1.165) is 5.69 Å². The quantitative estimate of drug-likeness (QED) is 0.688. The van der Waals surface area contributed by atoms with Crippen LogP contribution in [0.25, 0.3) is 0 Å². The summed E-state index contributed by atoms with van der Waals surface area (Å²) in [5.74, 6) is -1.11. The van der Waals surface area contributed by atoms with Gasteiger partial charge in [-0.05, 0) is 25.8 Å². The number of hydrogen-bond acceptors (Lipinski definition) is 3. The Morgan fingerprint density at radius 1 is 1.26 bits per heavy atom. The third-order valence-corrected chi connectivity index (χ3v) is 4.59. The summed E-state index contributed by atoms with van der Waals surface area (Å²) in [6.07, 6.45) is -0.976. The predicted molar refractivity (Wildman–Crippen MR) is 97.7 cm³/mol. The zero-order chi connectivity index (χ0) is 20.0. The van der Waals surface area contributed by atoms with Crippen molar-refractivity contribution in [2.45, 2.75) is 50.9 Å². The number of benzene rings is 1. The third-order valence-electron chi connectivity index (χ3n) is 4.59. The zero-order valence-corrected chi connectivity index (χ0v) is 15.5. The number of alkyl halides is 2. The second-order valence-corrected chi connectivity index (χ2v) is 6.65. The van der Waals surface area contributed by atoms with E-state index in [1.807, 2.05) is 6.07 Å². The van der Waals surface area contributed by atoms with Crippen LogP contribution in [0.5, 0.6) is 0 Å². The Kier molecular flexibility index (Phi) is 7.27. The van der Waals surface area contributed by atoms with Gasteiger partial charge in [-0.1, -0.05) is 18.2 Å². The lowest BCUT2D eigenvalue weighted by atomic mass is 10.1. The van der Waals surface area contributed by atoms with E-state index in [4.69, 9.17) is 0 Å². The van der Waals surface area contributed by atoms with Crippen LogP contribution in [-0.2, 0) is 14.4 Å². The molecule has 0 aromatic heterocycles. The van der Waals surface area contributed by atoms with E-state index in [0.29, 0.717) is 5.56 Å². The number of carbonyl (C=O) groups is 3. The lowest BCUT2D eigenvalue weighted by Crippen LogP contribution is -2.47. The lowest BCUT2D eigenvalue weighted by molar-refractivity contribution is -0.130. The van der Waals surface area contributed by atoms with Gasteiger partial charge in [-0.15, -0.1) is 0 Å².